The van der Waals surface area contributed by atoms with E-state index in [9.17, 15) is 0 Å². The molecule has 160 valence electrons. The van der Waals surface area contributed by atoms with Crippen molar-refractivity contribution < 1.29 is 23.7 Å². The SMILES string of the molecule is CCC(OCCOCCOCCOCCOc1ccc(N)cc1)c1ccccc1. The molecule has 0 radical (unpaired) electrons. The van der Waals surface area contributed by atoms with E-state index in [-0.39, 0.29) is 6.10 Å². The molecule has 0 aromatic heterocycles. The van der Waals surface area contributed by atoms with Crippen LogP contribution in [0.2, 0.25) is 0 Å². The van der Waals surface area contributed by atoms with Crippen molar-refractivity contribution in [2.45, 2.75) is 19.4 Å². The molecule has 2 N–H and O–H groups in total. The zero-order valence-corrected chi connectivity index (χ0v) is 17.3. The van der Waals surface area contributed by atoms with Gasteiger partial charge in [-0.15, -0.1) is 0 Å². The van der Waals surface area contributed by atoms with Crippen LogP contribution >= 0.6 is 0 Å². The lowest BCUT2D eigenvalue weighted by Gasteiger charge is -2.16. The summed E-state index contributed by atoms with van der Waals surface area (Å²) in [5, 5.41) is 0. The minimum atomic E-state index is 0.122. The van der Waals surface area contributed by atoms with Gasteiger partial charge in [-0.2, -0.15) is 0 Å². The van der Waals surface area contributed by atoms with Crippen molar-refractivity contribution in [2.24, 2.45) is 0 Å². The summed E-state index contributed by atoms with van der Waals surface area (Å²) in [6, 6.07) is 17.6. The van der Waals surface area contributed by atoms with Gasteiger partial charge >= 0.3 is 0 Å². The summed E-state index contributed by atoms with van der Waals surface area (Å²) >= 11 is 0. The van der Waals surface area contributed by atoms with Gasteiger partial charge in [0, 0.05) is 5.69 Å². The van der Waals surface area contributed by atoms with Crippen molar-refractivity contribution in [1.29, 1.82) is 0 Å². The molecule has 0 saturated carbocycles. The smallest absolute Gasteiger partial charge is 0.119 e. The maximum Gasteiger partial charge on any atom is 0.119 e. The topological polar surface area (TPSA) is 72.2 Å². The van der Waals surface area contributed by atoms with E-state index < -0.39 is 0 Å². The Morgan fingerprint density at radius 2 is 1.24 bits per heavy atom. The average molecular weight is 404 g/mol. The molecule has 0 saturated heterocycles. The Hall–Kier alpha value is -2.12. The molecule has 0 spiro atoms. The minimum Gasteiger partial charge on any atom is -0.491 e. The Kier molecular flexibility index (Phi) is 11.8. The van der Waals surface area contributed by atoms with Crippen LogP contribution in [0.15, 0.2) is 54.6 Å². The molecule has 2 aromatic carbocycles. The van der Waals surface area contributed by atoms with Crippen molar-refractivity contribution >= 4 is 5.69 Å². The third kappa shape index (κ3) is 10.3. The van der Waals surface area contributed by atoms with Crippen LogP contribution in [0, 0.1) is 0 Å². The van der Waals surface area contributed by atoms with Crippen LogP contribution in [0.5, 0.6) is 5.75 Å². The van der Waals surface area contributed by atoms with E-state index in [2.05, 4.69) is 19.1 Å². The molecule has 2 rings (SSSR count). The van der Waals surface area contributed by atoms with Gasteiger partial charge in [-0.3, -0.25) is 0 Å². The molecule has 0 fully saturated rings. The highest BCUT2D eigenvalue weighted by Gasteiger charge is 2.08. The number of ether oxygens (including phenoxy) is 5. The number of nitrogen functional groups attached to an aromatic ring is 1. The van der Waals surface area contributed by atoms with Crippen molar-refractivity contribution in [3.63, 3.8) is 0 Å². The quantitative estimate of drug-likeness (QED) is 0.339. The average Bonchev–Trinajstić information content (AvgIpc) is 2.76. The monoisotopic (exact) mass is 403 g/mol. The number of hydrogen-bond acceptors (Lipinski definition) is 6. The molecule has 29 heavy (non-hydrogen) atoms. The summed E-state index contributed by atoms with van der Waals surface area (Å²) in [5.41, 5.74) is 7.55. The van der Waals surface area contributed by atoms with Gasteiger partial charge in [0.05, 0.1) is 52.4 Å². The van der Waals surface area contributed by atoms with Gasteiger partial charge in [-0.1, -0.05) is 37.3 Å². The summed E-state index contributed by atoms with van der Waals surface area (Å²) in [5.74, 6) is 0.786. The molecule has 0 aliphatic heterocycles. The largest absolute Gasteiger partial charge is 0.491 e. The Balaban J connectivity index is 1.36. The third-order valence-corrected chi connectivity index (χ3v) is 4.21. The molecular weight excluding hydrogens is 370 g/mol. The van der Waals surface area contributed by atoms with Crippen molar-refractivity contribution in [1.82, 2.24) is 0 Å². The Morgan fingerprint density at radius 3 is 1.83 bits per heavy atom. The second kappa shape index (κ2) is 14.8. The lowest BCUT2D eigenvalue weighted by molar-refractivity contribution is -0.0213. The molecule has 0 amide bonds. The van der Waals surface area contributed by atoms with E-state index >= 15 is 0 Å². The normalized spacial score (nSPS) is 12.0. The predicted octanol–water partition coefficient (Wildman–Crippen LogP) is 3.87. The van der Waals surface area contributed by atoms with Crippen LogP contribution in [0.4, 0.5) is 5.69 Å². The molecule has 1 unspecified atom stereocenters. The molecule has 2 aromatic rings. The highest BCUT2D eigenvalue weighted by molar-refractivity contribution is 5.41. The lowest BCUT2D eigenvalue weighted by atomic mass is 10.1. The summed E-state index contributed by atoms with van der Waals surface area (Å²) in [6.45, 7) is 6.43. The van der Waals surface area contributed by atoms with Gasteiger partial charge in [0.1, 0.15) is 12.4 Å². The van der Waals surface area contributed by atoms with E-state index in [0.717, 1.165) is 17.9 Å². The van der Waals surface area contributed by atoms with Gasteiger partial charge in [0.2, 0.25) is 0 Å². The fourth-order valence-corrected chi connectivity index (χ4v) is 2.69. The second-order valence-corrected chi connectivity index (χ2v) is 6.43. The van der Waals surface area contributed by atoms with Gasteiger partial charge in [-0.25, -0.2) is 0 Å². The summed E-state index contributed by atoms with van der Waals surface area (Å²) < 4.78 is 27.9. The van der Waals surface area contributed by atoms with Crippen molar-refractivity contribution in [3.05, 3.63) is 60.2 Å². The summed E-state index contributed by atoms with van der Waals surface area (Å²) in [4.78, 5) is 0. The van der Waals surface area contributed by atoms with Crippen molar-refractivity contribution in [2.75, 3.05) is 58.6 Å². The first-order chi connectivity index (χ1) is 14.3. The molecule has 6 nitrogen and oxygen atoms in total. The molecule has 0 bridgehead atoms. The predicted molar refractivity (Wildman–Crippen MR) is 114 cm³/mol. The number of rotatable bonds is 16. The maximum absolute atomic E-state index is 5.89. The first-order valence-corrected chi connectivity index (χ1v) is 10.2. The zero-order valence-electron chi connectivity index (χ0n) is 17.3. The second-order valence-electron chi connectivity index (χ2n) is 6.43. The lowest BCUT2D eigenvalue weighted by Crippen LogP contribution is -2.14. The standard InChI is InChI=1S/C23H33NO5/c1-2-23(20-6-4-3-5-7-20)29-19-17-27-15-13-25-12-14-26-16-18-28-22-10-8-21(24)9-11-22/h3-11,23H,2,12-19,24H2,1H3. The Labute approximate surface area is 173 Å². The van der Waals surface area contributed by atoms with Gasteiger partial charge in [-0.05, 0) is 36.2 Å². The van der Waals surface area contributed by atoms with Crippen LogP contribution in [-0.4, -0.2) is 52.9 Å². The zero-order chi connectivity index (χ0) is 20.6. The fraction of sp³-hybridized carbons (Fsp3) is 0.478. The van der Waals surface area contributed by atoms with E-state index in [1.165, 1.54) is 5.56 Å². The number of benzene rings is 2. The van der Waals surface area contributed by atoms with Crippen LogP contribution < -0.4 is 10.5 Å². The molecular formula is C23H33NO5. The number of hydrogen-bond donors (Lipinski definition) is 1. The summed E-state index contributed by atoms with van der Waals surface area (Å²) in [6.07, 6.45) is 1.07. The molecule has 1 atom stereocenters. The van der Waals surface area contributed by atoms with Crippen LogP contribution in [0.25, 0.3) is 0 Å². The molecule has 0 aliphatic carbocycles. The highest BCUT2D eigenvalue weighted by Crippen LogP contribution is 2.20. The first-order valence-electron chi connectivity index (χ1n) is 10.2. The molecule has 0 heterocycles. The maximum atomic E-state index is 5.89. The van der Waals surface area contributed by atoms with Gasteiger partial charge < -0.3 is 29.4 Å². The first kappa shape index (κ1) is 23.2. The number of nitrogens with two attached hydrogens (primary N) is 1. The third-order valence-electron chi connectivity index (χ3n) is 4.21. The Morgan fingerprint density at radius 1 is 0.690 bits per heavy atom. The minimum absolute atomic E-state index is 0.122. The van der Waals surface area contributed by atoms with E-state index in [0.29, 0.717) is 52.9 Å². The van der Waals surface area contributed by atoms with Crippen LogP contribution in [0.1, 0.15) is 25.0 Å². The highest BCUT2D eigenvalue weighted by atomic mass is 16.6. The summed E-state index contributed by atoms with van der Waals surface area (Å²) in [7, 11) is 0. The van der Waals surface area contributed by atoms with Crippen molar-refractivity contribution in [3.8, 4) is 5.75 Å². The van der Waals surface area contributed by atoms with Gasteiger partial charge in [0.25, 0.3) is 0 Å². The van der Waals surface area contributed by atoms with E-state index in [4.69, 9.17) is 29.4 Å². The van der Waals surface area contributed by atoms with E-state index in [1.807, 2.05) is 42.5 Å². The Bertz CT molecular complexity index is 635. The van der Waals surface area contributed by atoms with Crippen LogP contribution in [-0.2, 0) is 18.9 Å². The number of anilines is 1. The van der Waals surface area contributed by atoms with Gasteiger partial charge in [0.15, 0.2) is 0 Å². The molecule has 6 heteroatoms. The van der Waals surface area contributed by atoms with E-state index in [1.54, 1.807) is 0 Å². The van der Waals surface area contributed by atoms with Crippen LogP contribution in [0.3, 0.4) is 0 Å². The fourth-order valence-electron chi connectivity index (χ4n) is 2.69. The molecule has 0 aliphatic rings.